The van der Waals surface area contributed by atoms with Crippen molar-refractivity contribution in [2.75, 3.05) is 11.9 Å². The van der Waals surface area contributed by atoms with Gasteiger partial charge in [0.15, 0.2) is 5.82 Å². The van der Waals surface area contributed by atoms with Gasteiger partial charge in [0.05, 0.1) is 12.8 Å². The number of hydrogen-bond donors (Lipinski definition) is 1. The molecule has 27 heavy (non-hydrogen) atoms. The Balaban J connectivity index is 2.00. The molecular formula is C20H23N5O2. The molecule has 0 saturated heterocycles. The topological polar surface area (TPSA) is 81.9 Å². The van der Waals surface area contributed by atoms with Crippen LogP contribution in [0.15, 0.2) is 42.9 Å². The highest BCUT2D eigenvalue weighted by atomic mass is 16.5. The lowest BCUT2D eigenvalue weighted by atomic mass is 10.1. The Morgan fingerprint density at radius 2 is 2.00 bits per heavy atom. The second kappa shape index (κ2) is 7.99. The van der Waals surface area contributed by atoms with Gasteiger partial charge < -0.3 is 10.1 Å². The molecular weight excluding hydrogens is 342 g/mol. The molecule has 140 valence electrons. The maximum Gasteiger partial charge on any atom is 0.343 e. The lowest BCUT2D eigenvalue weighted by molar-refractivity contribution is 0.0526. The number of nitrogens with one attached hydrogen (secondary N) is 1. The fourth-order valence-electron chi connectivity index (χ4n) is 2.67. The first-order chi connectivity index (χ1) is 13.0. The van der Waals surface area contributed by atoms with Crippen molar-refractivity contribution in [2.24, 2.45) is 7.05 Å². The van der Waals surface area contributed by atoms with Crippen LogP contribution in [0.3, 0.4) is 0 Å². The fourth-order valence-corrected chi connectivity index (χ4v) is 2.67. The second-order valence-electron chi connectivity index (χ2n) is 6.46. The van der Waals surface area contributed by atoms with Crippen LogP contribution in [0.1, 0.15) is 31.1 Å². The van der Waals surface area contributed by atoms with Gasteiger partial charge in [0, 0.05) is 36.6 Å². The molecule has 3 aromatic rings. The van der Waals surface area contributed by atoms with Crippen molar-refractivity contribution < 1.29 is 9.53 Å². The standard InChI is InChI=1S/C20H23N5O2/c1-5-27-20(26)17-11-21-18(24-19(17)23-13(2)3)15-8-6-7-14(9-15)16-10-22-25(4)12-16/h6-13H,5H2,1-4H3,(H,21,23,24). The third-order valence-electron chi connectivity index (χ3n) is 3.87. The van der Waals surface area contributed by atoms with Gasteiger partial charge in [0.25, 0.3) is 0 Å². The Hall–Kier alpha value is -3.22. The van der Waals surface area contributed by atoms with Gasteiger partial charge in [-0.05, 0) is 32.4 Å². The van der Waals surface area contributed by atoms with Crippen molar-refractivity contribution in [3.05, 3.63) is 48.4 Å². The van der Waals surface area contributed by atoms with E-state index in [0.29, 0.717) is 23.8 Å². The van der Waals surface area contributed by atoms with Crippen LogP contribution in [0.4, 0.5) is 5.82 Å². The number of aromatic nitrogens is 4. The summed E-state index contributed by atoms with van der Waals surface area (Å²) in [4.78, 5) is 21.2. The van der Waals surface area contributed by atoms with Crippen molar-refractivity contribution >= 4 is 11.8 Å². The molecule has 2 heterocycles. The molecule has 0 saturated carbocycles. The van der Waals surface area contributed by atoms with Crippen LogP contribution >= 0.6 is 0 Å². The molecule has 7 heteroatoms. The Morgan fingerprint density at radius 3 is 2.67 bits per heavy atom. The highest BCUT2D eigenvalue weighted by Gasteiger charge is 2.17. The molecule has 0 atom stereocenters. The zero-order valence-corrected chi connectivity index (χ0v) is 15.9. The summed E-state index contributed by atoms with van der Waals surface area (Å²) >= 11 is 0. The first-order valence-electron chi connectivity index (χ1n) is 8.88. The Kier molecular flexibility index (Phi) is 5.49. The van der Waals surface area contributed by atoms with Gasteiger partial charge in [-0.25, -0.2) is 14.8 Å². The molecule has 0 fully saturated rings. The maximum absolute atomic E-state index is 12.2. The average Bonchev–Trinajstić information content (AvgIpc) is 3.08. The summed E-state index contributed by atoms with van der Waals surface area (Å²) in [6, 6.07) is 8.03. The molecule has 0 bridgehead atoms. The van der Waals surface area contributed by atoms with E-state index in [0.717, 1.165) is 16.7 Å². The zero-order chi connectivity index (χ0) is 19.4. The van der Waals surface area contributed by atoms with E-state index in [9.17, 15) is 4.79 Å². The number of nitrogens with zero attached hydrogens (tertiary/aromatic N) is 4. The summed E-state index contributed by atoms with van der Waals surface area (Å²) in [6.07, 6.45) is 5.28. The number of ether oxygens (including phenoxy) is 1. The van der Waals surface area contributed by atoms with Crippen LogP contribution in [-0.2, 0) is 11.8 Å². The minimum Gasteiger partial charge on any atom is -0.462 e. The van der Waals surface area contributed by atoms with Crippen LogP contribution in [0.5, 0.6) is 0 Å². The molecule has 3 rings (SSSR count). The number of anilines is 1. The SMILES string of the molecule is CCOC(=O)c1cnc(-c2cccc(-c3cnn(C)c3)c2)nc1NC(C)C. The molecule has 2 aromatic heterocycles. The average molecular weight is 365 g/mol. The Bertz CT molecular complexity index is 949. The van der Waals surface area contributed by atoms with Crippen LogP contribution in [0, 0.1) is 0 Å². The third-order valence-corrected chi connectivity index (χ3v) is 3.87. The third kappa shape index (κ3) is 4.31. The minimum atomic E-state index is -0.434. The lowest BCUT2D eigenvalue weighted by Crippen LogP contribution is -2.17. The van der Waals surface area contributed by atoms with Gasteiger partial charge in [-0.15, -0.1) is 0 Å². The highest BCUT2D eigenvalue weighted by Crippen LogP contribution is 2.26. The van der Waals surface area contributed by atoms with Gasteiger partial charge in [-0.1, -0.05) is 18.2 Å². The molecule has 1 N–H and O–H groups in total. The predicted molar refractivity (Wildman–Crippen MR) is 104 cm³/mol. The monoisotopic (exact) mass is 365 g/mol. The molecule has 0 unspecified atom stereocenters. The summed E-state index contributed by atoms with van der Waals surface area (Å²) in [5.74, 6) is 0.577. The van der Waals surface area contributed by atoms with Gasteiger partial charge in [0.1, 0.15) is 11.4 Å². The molecule has 1 aromatic carbocycles. The number of carbonyl (C=O) groups is 1. The minimum absolute atomic E-state index is 0.114. The first-order valence-corrected chi connectivity index (χ1v) is 8.88. The second-order valence-corrected chi connectivity index (χ2v) is 6.46. The summed E-state index contributed by atoms with van der Waals surface area (Å²) in [6.45, 7) is 6.04. The molecule has 0 aliphatic rings. The van der Waals surface area contributed by atoms with E-state index in [2.05, 4.69) is 20.4 Å². The van der Waals surface area contributed by atoms with Crippen molar-refractivity contribution in [1.29, 1.82) is 0 Å². The Morgan fingerprint density at radius 1 is 1.22 bits per heavy atom. The van der Waals surface area contributed by atoms with Crippen molar-refractivity contribution in [2.45, 2.75) is 26.8 Å². The van der Waals surface area contributed by atoms with Gasteiger partial charge in [-0.3, -0.25) is 4.68 Å². The van der Waals surface area contributed by atoms with Gasteiger partial charge in [-0.2, -0.15) is 5.10 Å². The van der Waals surface area contributed by atoms with E-state index < -0.39 is 5.97 Å². The number of benzene rings is 1. The van der Waals surface area contributed by atoms with E-state index in [1.165, 1.54) is 6.20 Å². The van der Waals surface area contributed by atoms with Crippen molar-refractivity contribution in [3.8, 4) is 22.5 Å². The fraction of sp³-hybridized carbons (Fsp3) is 0.300. The number of carbonyl (C=O) groups excluding carboxylic acids is 1. The summed E-state index contributed by atoms with van der Waals surface area (Å²) in [7, 11) is 1.88. The van der Waals surface area contributed by atoms with Gasteiger partial charge in [0.2, 0.25) is 0 Å². The summed E-state index contributed by atoms with van der Waals surface area (Å²) in [5.41, 5.74) is 3.23. The lowest BCUT2D eigenvalue weighted by Gasteiger charge is -2.14. The van der Waals surface area contributed by atoms with Crippen LogP contribution in [-0.4, -0.2) is 38.4 Å². The predicted octanol–water partition coefficient (Wildman–Crippen LogP) is 3.54. The first kappa shape index (κ1) is 18.6. The van der Waals surface area contributed by atoms with E-state index >= 15 is 0 Å². The molecule has 0 radical (unpaired) electrons. The number of hydrogen-bond acceptors (Lipinski definition) is 6. The number of esters is 1. The van der Waals surface area contributed by atoms with Crippen LogP contribution in [0.2, 0.25) is 0 Å². The van der Waals surface area contributed by atoms with E-state index in [1.54, 1.807) is 11.6 Å². The number of rotatable bonds is 6. The zero-order valence-electron chi connectivity index (χ0n) is 15.9. The highest BCUT2D eigenvalue weighted by molar-refractivity contribution is 5.94. The summed E-state index contributed by atoms with van der Waals surface area (Å²) < 4.78 is 6.87. The van der Waals surface area contributed by atoms with E-state index in [-0.39, 0.29) is 6.04 Å². The largest absolute Gasteiger partial charge is 0.462 e. The number of aryl methyl sites for hydroxylation is 1. The molecule has 0 aliphatic heterocycles. The van der Waals surface area contributed by atoms with Crippen molar-refractivity contribution in [3.63, 3.8) is 0 Å². The van der Waals surface area contributed by atoms with Crippen molar-refractivity contribution in [1.82, 2.24) is 19.7 Å². The van der Waals surface area contributed by atoms with Crippen LogP contribution in [0.25, 0.3) is 22.5 Å². The quantitative estimate of drug-likeness (QED) is 0.673. The maximum atomic E-state index is 12.2. The smallest absolute Gasteiger partial charge is 0.343 e. The summed E-state index contributed by atoms with van der Waals surface area (Å²) in [5, 5.41) is 7.42. The normalized spacial score (nSPS) is 10.9. The molecule has 0 amide bonds. The Labute approximate surface area is 158 Å². The molecule has 7 nitrogen and oxygen atoms in total. The van der Waals surface area contributed by atoms with Crippen LogP contribution < -0.4 is 5.32 Å². The molecule has 0 aliphatic carbocycles. The van der Waals surface area contributed by atoms with Gasteiger partial charge >= 0.3 is 5.97 Å². The van der Waals surface area contributed by atoms with E-state index in [4.69, 9.17) is 4.74 Å². The van der Waals surface area contributed by atoms with E-state index in [1.807, 2.05) is 57.6 Å². The molecule has 0 spiro atoms.